The molecule has 2 rings (SSSR count). The van der Waals surface area contributed by atoms with Crippen LogP contribution in [0.4, 0.5) is 10.5 Å². The number of nitrogens with one attached hydrogen (secondary N) is 3. The van der Waals surface area contributed by atoms with Crippen molar-refractivity contribution in [3.8, 4) is 0 Å². The monoisotopic (exact) mass is 287 g/mol. The van der Waals surface area contributed by atoms with E-state index in [1.165, 1.54) is 0 Å². The van der Waals surface area contributed by atoms with Crippen LogP contribution in [0.3, 0.4) is 0 Å². The van der Waals surface area contributed by atoms with E-state index >= 15 is 0 Å². The zero-order chi connectivity index (χ0) is 14.9. The minimum atomic E-state index is -0.223. The molecule has 0 saturated heterocycles. The molecular formula is C16H21N3O2. The Kier molecular flexibility index (Phi) is 5.82. The van der Waals surface area contributed by atoms with Crippen LogP contribution in [0.25, 0.3) is 0 Å². The molecule has 0 fully saturated rings. The predicted molar refractivity (Wildman–Crippen MR) is 83.0 cm³/mol. The highest BCUT2D eigenvalue weighted by molar-refractivity contribution is 5.91. The molecule has 5 heteroatoms. The number of allylic oxidation sites excluding steroid dienone is 1. The Hall–Kier alpha value is -2.30. The van der Waals surface area contributed by atoms with Crippen LogP contribution in [-0.2, 0) is 4.79 Å². The standard InChI is InChI=1S/C16H21N3O2/c20-15(18-13-7-3-1-4-8-13)11-12-17-16(21)19-14-9-5-2-6-10-14/h1,3-5,7-9,14H,2,6,10-12H2,(H,18,20)(H2,17,19,21)/t14-/m0/s1. The van der Waals surface area contributed by atoms with Crippen LogP contribution in [0.5, 0.6) is 0 Å². The molecule has 112 valence electrons. The van der Waals surface area contributed by atoms with Gasteiger partial charge in [0.05, 0.1) is 0 Å². The number of urea groups is 1. The van der Waals surface area contributed by atoms with E-state index in [0.717, 1.165) is 24.9 Å². The van der Waals surface area contributed by atoms with Gasteiger partial charge in [-0.2, -0.15) is 0 Å². The average Bonchev–Trinajstić information content (AvgIpc) is 2.49. The van der Waals surface area contributed by atoms with Gasteiger partial charge in [0.2, 0.25) is 5.91 Å². The second-order valence-electron chi connectivity index (χ2n) is 5.03. The first-order valence-electron chi connectivity index (χ1n) is 7.30. The fraction of sp³-hybridized carbons (Fsp3) is 0.375. The molecule has 1 aromatic carbocycles. The second-order valence-corrected chi connectivity index (χ2v) is 5.03. The molecule has 3 amide bonds. The van der Waals surface area contributed by atoms with E-state index in [2.05, 4.69) is 22.0 Å². The van der Waals surface area contributed by atoms with Gasteiger partial charge in [-0.1, -0.05) is 30.4 Å². The molecule has 1 aliphatic rings. The minimum Gasteiger partial charge on any atom is -0.338 e. The summed E-state index contributed by atoms with van der Waals surface area (Å²) in [5, 5.41) is 8.35. The maximum absolute atomic E-state index is 11.7. The summed E-state index contributed by atoms with van der Waals surface area (Å²) >= 11 is 0. The van der Waals surface area contributed by atoms with Gasteiger partial charge < -0.3 is 16.0 Å². The molecule has 0 aromatic heterocycles. The van der Waals surface area contributed by atoms with Gasteiger partial charge in [0.15, 0.2) is 0 Å². The number of rotatable bonds is 5. The van der Waals surface area contributed by atoms with Crippen molar-refractivity contribution in [2.75, 3.05) is 11.9 Å². The number of amides is 3. The van der Waals surface area contributed by atoms with Crippen LogP contribution >= 0.6 is 0 Å². The number of carbonyl (C=O) groups excluding carboxylic acids is 2. The summed E-state index contributed by atoms with van der Waals surface area (Å²) in [6.07, 6.45) is 7.51. The Labute approximate surface area is 124 Å². The van der Waals surface area contributed by atoms with Crippen molar-refractivity contribution in [3.63, 3.8) is 0 Å². The molecule has 3 N–H and O–H groups in total. The highest BCUT2D eigenvalue weighted by atomic mass is 16.2. The van der Waals surface area contributed by atoms with E-state index in [-0.39, 0.29) is 24.4 Å². The van der Waals surface area contributed by atoms with Gasteiger partial charge >= 0.3 is 6.03 Å². The number of para-hydroxylation sites is 1. The Morgan fingerprint density at radius 1 is 1.19 bits per heavy atom. The molecule has 0 aliphatic heterocycles. The summed E-state index contributed by atoms with van der Waals surface area (Å²) in [6, 6.07) is 9.15. The lowest BCUT2D eigenvalue weighted by Crippen LogP contribution is -2.42. The number of anilines is 1. The average molecular weight is 287 g/mol. The Bertz CT molecular complexity index is 500. The Morgan fingerprint density at radius 3 is 2.71 bits per heavy atom. The smallest absolute Gasteiger partial charge is 0.315 e. The van der Waals surface area contributed by atoms with Gasteiger partial charge in [-0.05, 0) is 31.4 Å². The Morgan fingerprint density at radius 2 is 2.00 bits per heavy atom. The number of hydrogen-bond acceptors (Lipinski definition) is 2. The van der Waals surface area contributed by atoms with Crippen molar-refractivity contribution >= 4 is 17.6 Å². The molecule has 0 unspecified atom stereocenters. The summed E-state index contributed by atoms with van der Waals surface area (Å²) in [4.78, 5) is 23.4. The van der Waals surface area contributed by atoms with Crippen molar-refractivity contribution in [1.29, 1.82) is 0 Å². The van der Waals surface area contributed by atoms with Crippen LogP contribution in [0.1, 0.15) is 25.7 Å². The Balaban J connectivity index is 1.62. The molecule has 21 heavy (non-hydrogen) atoms. The van der Waals surface area contributed by atoms with Crippen LogP contribution in [0, 0.1) is 0 Å². The van der Waals surface area contributed by atoms with Crippen LogP contribution in [-0.4, -0.2) is 24.5 Å². The SMILES string of the molecule is O=C(CCNC(=O)N[C@H]1C=CCCC1)Nc1ccccc1. The first kappa shape index (κ1) is 15.1. The fourth-order valence-electron chi connectivity index (χ4n) is 2.19. The van der Waals surface area contributed by atoms with Gasteiger partial charge in [0, 0.05) is 24.7 Å². The van der Waals surface area contributed by atoms with Crippen molar-refractivity contribution in [2.45, 2.75) is 31.7 Å². The lowest BCUT2D eigenvalue weighted by Gasteiger charge is -2.18. The predicted octanol–water partition coefficient (Wildman–Crippen LogP) is 2.42. The molecule has 1 aromatic rings. The molecule has 0 heterocycles. The van der Waals surface area contributed by atoms with Crippen molar-refractivity contribution in [1.82, 2.24) is 10.6 Å². The van der Waals surface area contributed by atoms with Gasteiger partial charge in [-0.15, -0.1) is 0 Å². The van der Waals surface area contributed by atoms with Gasteiger partial charge in [-0.3, -0.25) is 4.79 Å². The molecular weight excluding hydrogens is 266 g/mol. The highest BCUT2D eigenvalue weighted by Crippen LogP contribution is 2.09. The molecule has 0 radical (unpaired) electrons. The molecule has 0 spiro atoms. The molecule has 5 nitrogen and oxygen atoms in total. The summed E-state index contributed by atoms with van der Waals surface area (Å²) in [5.74, 6) is -0.112. The normalized spacial score (nSPS) is 17.0. The summed E-state index contributed by atoms with van der Waals surface area (Å²) < 4.78 is 0. The second kappa shape index (κ2) is 8.09. The summed E-state index contributed by atoms with van der Waals surface area (Å²) in [7, 11) is 0. The van der Waals surface area contributed by atoms with Crippen molar-refractivity contribution in [2.24, 2.45) is 0 Å². The maximum Gasteiger partial charge on any atom is 0.315 e. The number of benzene rings is 1. The molecule has 1 aliphatic carbocycles. The third-order valence-electron chi connectivity index (χ3n) is 3.27. The number of hydrogen-bond donors (Lipinski definition) is 3. The fourth-order valence-corrected chi connectivity index (χ4v) is 2.19. The third-order valence-corrected chi connectivity index (χ3v) is 3.27. The zero-order valence-electron chi connectivity index (χ0n) is 12.0. The van der Waals surface area contributed by atoms with Crippen LogP contribution < -0.4 is 16.0 Å². The molecule has 0 saturated carbocycles. The van der Waals surface area contributed by atoms with E-state index in [1.54, 1.807) is 0 Å². The zero-order valence-corrected chi connectivity index (χ0v) is 12.0. The van der Waals surface area contributed by atoms with Crippen LogP contribution in [0.2, 0.25) is 0 Å². The van der Waals surface area contributed by atoms with Crippen LogP contribution in [0.15, 0.2) is 42.5 Å². The quantitative estimate of drug-likeness (QED) is 0.728. The van der Waals surface area contributed by atoms with Gasteiger partial charge in [-0.25, -0.2) is 4.79 Å². The molecule has 0 bridgehead atoms. The minimum absolute atomic E-state index is 0.108. The summed E-state index contributed by atoms with van der Waals surface area (Å²) in [6.45, 7) is 0.320. The first-order valence-corrected chi connectivity index (χ1v) is 7.30. The topological polar surface area (TPSA) is 70.2 Å². The van der Waals surface area contributed by atoms with E-state index in [9.17, 15) is 9.59 Å². The van der Waals surface area contributed by atoms with Crippen molar-refractivity contribution in [3.05, 3.63) is 42.5 Å². The third kappa shape index (κ3) is 5.69. The van der Waals surface area contributed by atoms with E-state index in [0.29, 0.717) is 6.54 Å². The van der Waals surface area contributed by atoms with Crippen molar-refractivity contribution < 1.29 is 9.59 Å². The largest absolute Gasteiger partial charge is 0.338 e. The highest BCUT2D eigenvalue weighted by Gasteiger charge is 2.11. The lowest BCUT2D eigenvalue weighted by molar-refractivity contribution is -0.116. The maximum atomic E-state index is 11.7. The lowest BCUT2D eigenvalue weighted by atomic mass is 10.0. The van der Waals surface area contributed by atoms with E-state index < -0.39 is 0 Å². The van der Waals surface area contributed by atoms with E-state index in [1.807, 2.05) is 36.4 Å². The molecule has 1 atom stereocenters. The van der Waals surface area contributed by atoms with Gasteiger partial charge in [0.1, 0.15) is 0 Å². The van der Waals surface area contributed by atoms with Gasteiger partial charge in [0.25, 0.3) is 0 Å². The first-order chi connectivity index (χ1) is 10.2. The summed E-state index contributed by atoms with van der Waals surface area (Å²) in [5.41, 5.74) is 0.763. The number of carbonyl (C=O) groups is 2. The van der Waals surface area contributed by atoms with E-state index in [4.69, 9.17) is 0 Å².